The standard InChI is InChI=1S/C9H20N4/c1-7-3-2-4-8(6-5-7)12-9(10)13-11/h7-8H,2-6,11H2,1H3,(H3,10,12,13). The Kier molecular flexibility index (Phi) is 4.02. The maximum atomic E-state index is 5.50. The highest BCUT2D eigenvalue weighted by atomic mass is 15.3. The Balaban J connectivity index is 2.42. The number of nitrogens with zero attached hydrogens (tertiary/aromatic N) is 1. The van der Waals surface area contributed by atoms with Crippen molar-refractivity contribution >= 4 is 5.96 Å². The molecule has 0 saturated heterocycles. The molecule has 0 aromatic rings. The van der Waals surface area contributed by atoms with E-state index in [-0.39, 0.29) is 0 Å². The van der Waals surface area contributed by atoms with Gasteiger partial charge in [-0.25, -0.2) is 10.8 Å². The fourth-order valence-corrected chi connectivity index (χ4v) is 1.83. The van der Waals surface area contributed by atoms with Crippen molar-refractivity contribution in [2.24, 2.45) is 22.5 Å². The van der Waals surface area contributed by atoms with Gasteiger partial charge in [0.2, 0.25) is 5.96 Å². The van der Waals surface area contributed by atoms with Crippen molar-refractivity contribution in [3.8, 4) is 0 Å². The molecule has 1 rings (SSSR count). The Hall–Kier alpha value is -0.770. The molecule has 0 heterocycles. The number of hydrazine groups is 1. The van der Waals surface area contributed by atoms with Gasteiger partial charge in [-0.2, -0.15) is 0 Å². The quantitative estimate of drug-likeness (QED) is 0.185. The highest BCUT2D eigenvalue weighted by Gasteiger charge is 2.15. The van der Waals surface area contributed by atoms with Crippen LogP contribution in [0.4, 0.5) is 0 Å². The molecule has 2 atom stereocenters. The zero-order chi connectivity index (χ0) is 9.68. The summed E-state index contributed by atoms with van der Waals surface area (Å²) >= 11 is 0. The van der Waals surface area contributed by atoms with Crippen LogP contribution in [0.15, 0.2) is 4.99 Å². The van der Waals surface area contributed by atoms with Gasteiger partial charge in [0, 0.05) is 0 Å². The summed E-state index contributed by atoms with van der Waals surface area (Å²) < 4.78 is 0. The van der Waals surface area contributed by atoms with Crippen molar-refractivity contribution in [1.29, 1.82) is 0 Å². The van der Waals surface area contributed by atoms with E-state index in [1.165, 1.54) is 19.3 Å². The Labute approximate surface area is 79.7 Å². The van der Waals surface area contributed by atoms with E-state index in [9.17, 15) is 0 Å². The van der Waals surface area contributed by atoms with Crippen LogP contribution in [0, 0.1) is 5.92 Å². The number of hydrogen-bond donors (Lipinski definition) is 3. The molecule has 0 aromatic heterocycles. The number of rotatable bonds is 1. The third-order valence-corrected chi connectivity index (χ3v) is 2.70. The predicted octanol–water partition coefficient (Wildman–Crippen LogP) is 0.733. The van der Waals surface area contributed by atoms with E-state index in [1.54, 1.807) is 0 Å². The Morgan fingerprint density at radius 3 is 2.77 bits per heavy atom. The monoisotopic (exact) mass is 184 g/mol. The molecule has 0 radical (unpaired) electrons. The first-order valence-corrected chi connectivity index (χ1v) is 5.02. The van der Waals surface area contributed by atoms with Gasteiger partial charge in [-0.05, 0) is 25.2 Å². The van der Waals surface area contributed by atoms with Crippen LogP contribution >= 0.6 is 0 Å². The first kappa shape index (κ1) is 10.3. The minimum absolute atomic E-state index is 0.361. The van der Waals surface area contributed by atoms with Crippen LogP contribution in [0.25, 0.3) is 0 Å². The lowest BCUT2D eigenvalue weighted by Gasteiger charge is -2.09. The van der Waals surface area contributed by atoms with E-state index >= 15 is 0 Å². The molecule has 1 aliphatic rings. The van der Waals surface area contributed by atoms with Gasteiger partial charge in [-0.3, -0.25) is 5.43 Å². The average Bonchev–Trinajstić information content (AvgIpc) is 2.31. The normalized spacial score (nSPS) is 31.1. The Bertz CT molecular complexity index is 178. The maximum Gasteiger partial charge on any atom is 0.203 e. The molecular formula is C9H20N4. The van der Waals surface area contributed by atoms with Crippen molar-refractivity contribution in [2.75, 3.05) is 0 Å². The van der Waals surface area contributed by atoms with E-state index in [0.717, 1.165) is 18.8 Å². The molecule has 4 nitrogen and oxygen atoms in total. The largest absolute Gasteiger partial charge is 0.369 e. The minimum Gasteiger partial charge on any atom is -0.369 e. The van der Waals surface area contributed by atoms with E-state index in [0.29, 0.717) is 12.0 Å². The zero-order valence-electron chi connectivity index (χ0n) is 8.29. The van der Waals surface area contributed by atoms with Gasteiger partial charge >= 0.3 is 0 Å². The zero-order valence-corrected chi connectivity index (χ0v) is 8.29. The lowest BCUT2D eigenvalue weighted by molar-refractivity contribution is 0.499. The Morgan fingerprint density at radius 2 is 2.08 bits per heavy atom. The topological polar surface area (TPSA) is 76.4 Å². The van der Waals surface area contributed by atoms with Crippen molar-refractivity contribution in [2.45, 2.75) is 45.1 Å². The van der Waals surface area contributed by atoms with Gasteiger partial charge in [-0.1, -0.05) is 19.8 Å². The number of aliphatic imine (C=N–C) groups is 1. The predicted molar refractivity (Wildman–Crippen MR) is 55.0 cm³/mol. The summed E-state index contributed by atoms with van der Waals surface area (Å²) in [6.45, 7) is 2.30. The fraction of sp³-hybridized carbons (Fsp3) is 0.889. The first-order chi connectivity index (χ1) is 6.22. The second-order valence-corrected chi connectivity index (χ2v) is 3.93. The molecule has 0 aliphatic heterocycles. The smallest absolute Gasteiger partial charge is 0.203 e. The van der Waals surface area contributed by atoms with Gasteiger partial charge in [0.15, 0.2) is 0 Å². The highest BCUT2D eigenvalue weighted by molar-refractivity contribution is 5.77. The highest BCUT2D eigenvalue weighted by Crippen LogP contribution is 2.24. The summed E-state index contributed by atoms with van der Waals surface area (Å²) in [7, 11) is 0. The first-order valence-electron chi connectivity index (χ1n) is 5.02. The molecule has 0 amide bonds. The minimum atomic E-state index is 0.361. The van der Waals surface area contributed by atoms with Crippen LogP contribution in [0.5, 0.6) is 0 Å². The molecule has 2 unspecified atom stereocenters. The number of guanidine groups is 1. The third-order valence-electron chi connectivity index (χ3n) is 2.70. The van der Waals surface area contributed by atoms with Gasteiger partial charge in [0.1, 0.15) is 0 Å². The van der Waals surface area contributed by atoms with Crippen LogP contribution in [0.3, 0.4) is 0 Å². The molecule has 1 aliphatic carbocycles. The van der Waals surface area contributed by atoms with E-state index in [1.807, 2.05) is 0 Å². The second-order valence-electron chi connectivity index (χ2n) is 3.93. The van der Waals surface area contributed by atoms with Gasteiger partial charge in [0.25, 0.3) is 0 Å². The lowest BCUT2D eigenvalue weighted by Crippen LogP contribution is -2.38. The summed E-state index contributed by atoms with van der Waals surface area (Å²) in [6, 6.07) is 0.376. The molecule has 0 bridgehead atoms. The van der Waals surface area contributed by atoms with E-state index in [2.05, 4.69) is 17.3 Å². The van der Waals surface area contributed by atoms with Crippen molar-refractivity contribution in [3.63, 3.8) is 0 Å². The van der Waals surface area contributed by atoms with E-state index < -0.39 is 0 Å². The SMILES string of the molecule is CC1CCCC(N=C(N)NN)CC1. The molecular weight excluding hydrogens is 164 g/mol. The summed E-state index contributed by atoms with van der Waals surface area (Å²) in [5, 5.41) is 0. The number of hydrogen-bond acceptors (Lipinski definition) is 2. The maximum absolute atomic E-state index is 5.50. The molecule has 1 saturated carbocycles. The second kappa shape index (κ2) is 5.07. The summed E-state index contributed by atoms with van der Waals surface area (Å²) in [4.78, 5) is 4.31. The summed E-state index contributed by atoms with van der Waals surface area (Å²) in [6.07, 6.45) is 6.12. The lowest BCUT2D eigenvalue weighted by atomic mass is 10.0. The summed E-state index contributed by atoms with van der Waals surface area (Å²) in [5.74, 6) is 6.35. The average molecular weight is 184 g/mol. The molecule has 5 N–H and O–H groups in total. The Morgan fingerprint density at radius 1 is 1.31 bits per heavy atom. The third kappa shape index (κ3) is 3.63. The molecule has 13 heavy (non-hydrogen) atoms. The number of nitrogens with one attached hydrogen (secondary N) is 1. The fourth-order valence-electron chi connectivity index (χ4n) is 1.83. The van der Waals surface area contributed by atoms with Crippen LogP contribution in [-0.2, 0) is 0 Å². The van der Waals surface area contributed by atoms with Crippen LogP contribution in [0.2, 0.25) is 0 Å². The van der Waals surface area contributed by atoms with Gasteiger partial charge in [-0.15, -0.1) is 0 Å². The van der Waals surface area contributed by atoms with Crippen molar-refractivity contribution in [3.05, 3.63) is 0 Å². The van der Waals surface area contributed by atoms with Gasteiger partial charge < -0.3 is 5.73 Å². The van der Waals surface area contributed by atoms with Crippen LogP contribution in [-0.4, -0.2) is 12.0 Å². The number of nitrogens with two attached hydrogens (primary N) is 2. The van der Waals surface area contributed by atoms with Gasteiger partial charge in [0.05, 0.1) is 6.04 Å². The molecule has 1 fully saturated rings. The van der Waals surface area contributed by atoms with Crippen LogP contribution < -0.4 is 17.0 Å². The van der Waals surface area contributed by atoms with Crippen molar-refractivity contribution in [1.82, 2.24) is 5.43 Å². The molecule has 76 valence electrons. The molecule has 4 heteroatoms. The molecule has 0 aromatic carbocycles. The van der Waals surface area contributed by atoms with E-state index in [4.69, 9.17) is 11.6 Å². The summed E-state index contributed by atoms with van der Waals surface area (Å²) in [5.41, 5.74) is 7.87. The van der Waals surface area contributed by atoms with Crippen LogP contribution in [0.1, 0.15) is 39.0 Å². The molecule has 0 spiro atoms. The van der Waals surface area contributed by atoms with Crippen molar-refractivity contribution < 1.29 is 0 Å².